The van der Waals surface area contributed by atoms with Crippen molar-refractivity contribution in [2.45, 2.75) is 0 Å². The van der Waals surface area contributed by atoms with Crippen LogP contribution in [-0.4, -0.2) is 27.0 Å². The van der Waals surface area contributed by atoms with Gasteiger partial charge in [-0.2, -0.15) is 0 Å². The number of carboxylic acids is 1. The molecule has 0 aliphatic carbocycles. The van der Waals surface area contributed by atoms with Crippen LogP contribution in [-0.2, 0) is 4.79 Å². The van der Waals surface area contributed by atoms with E-state index in [-0.39, 0.29) is 5.01 Å². The molecule has 0 aliphatic heterocycles. The number of hydrogen-bond donors (Lipinski definition) is 2. The van der Waals surface area contributed by atoms with E-state index >= 15 is 0 Å². The zero-order chi connectivity index (χ0) is 8.27. The standard InChI is InChI=1S/C5H4N2O3S/c8-5(9)3(7-10)4-6-1-2-11-4/h1-2,10H,(H,8,9). The van der Waals surface area contributed by atoms with E-state index in [2.05, 4.69) is 10.1 Å². The van der Waals surface area contributed by atoms with E-state index in [1.807, 2.05) is 0 Å². The van der Waals surface area contributed by atoms with Crippen molar-refractivity contribution in [1.29, 1.82) is 0 Å². The third kappa shape index (κ3) is 1.53. The fourth-order valence-corrected chi connectivity index (χ4v) is 1.13. The number of aliphatic carboxylic acids is 1. The largest absolute Gasteiger partial charge is 0.476 e. The van der Waals surface area contributed by atoms with Crippen molar-refractivity contribution in [3.8, 4) is 0 Å². The lowest BCUT2D eigenvalue weighted by Crippen LogP contribution is -2.13. The Hall–Kier alpha value is -1.43. The second-order valence-corrected chi connectivity index (χ2v) is 2.49. The van der Waals surface area contributed by atoms with Gasteiger partial charge in [-0.15, -0.1) is 11.3 Å². The molecule has 1 aromatic rings. The molecule has 0 saturated heterocycles. The van der Waals surface area contributed by atoms with E-state index in [1.165, 1.54) is 6.20 Å². The Morgan fingerprint density at radius 1 is 1.73 bits per heavy atom. The van der Waals surface area contributed by atoms with Gasteiger partial charge in [0.25, 0.3) is 0 Å². The van der Waals surface area contributed by atoms with E-state index in [1.54, 1.807) is 5.38 Å². The van der Waals surface area contributed by atoms with Gasteiger partial charge in [0.2, 0.25) is 5.71 Å². The maximum Gasteiger partial charge on any atom is 0.361 e. The van der Waals surface area contributed by atoms with Gasteiger partial charge in [-0.3, -0.25) is 0 Å². The Morgan fingerprint density at radius 2 is 2.45 bits per heavy atom. The Morgan fingerprint density at radius 3 is 2.82 bits per heavy atom. The van der Waals surface area contributed by atoms with Crippen molar-refractivity contribution < 1.29 is 15.1 Å². The first kappa shape index (κ1) is 7.67. The molecule has 0 amide bonds. The molecule has 0 atom stereocenters. The second-order valence-electron chi connectivity index (χ2n) is 1.59. The second kappa shape index (κ2) is 3.11. The maximum atomic E-state index is 10.3. The first-order chi connectivity index (χ1) is 5.25. The first-order valence-electron chi connectivity index (χ1n) is 2.61. The van der Waals surface area contributed by atoms with Crippen LogP contribution in [0.3, 0.4) is 0 Å². The van der Waals surface area contributed by atoms with E-state index in [0.717, 1.165) is 11.3 Å². The smallest absolute Gasteiger partial charge is 0.361 e. The van der Waals surface area contributed by atoms with Gasteiger partial charge in [-0.1, -0.05) is 5.16 Å². The van der Waals surface area contributed by atoms with Crippen LogP contribution >= 0.6 is 11.3 Å². The third-order valence-electron chi connectivity index (χ3n) is 0.937. The summed E-state index contributed by atoms with van der Waals surface area (Å²) in [6, 6.07) is 0. The van der Waals surface area contributed by atoms with Crippen LogP contribution in [0, 0.1) is 0 Å². The molecule has 5 nitrogen and oxygen atoms in total. The molecule has 0 fully saturated rings. The van der Waals surface area contributed by atoms with Crippen molar-refractivity contribution in [3.63, 3.8) is 0 Å². The summed E-state index contributed by atoms with van der Waals surface area (Å²) in [6.07, 6.45) is 1.44. The lowest BCUT2D eigenvalue weighted by molar-refractivity contribution is -0.129. The number of thiazole rings is 1. The van der Waals surface area contributed by atoms with Crippen LogP contribution in [0.4, 0.5) is 0 Å². The van der Waals surface area contributed by atoms with Crippen LogP contribution in [0.1, 0.15) is 5.01 Å². The summed E-state index contributed by atoms with van der Waals surface area (Å²) in [5.74, 6) is -1.29. The van der Waals surface area contributed by atoms with E-state index in [4.69, 9.17) is 10.3 Å². The molecule has 0 unspecified atom stereocenters. The van der Waals surface area contributed by atoms with Crippen molar-refractivity contribution in [2.24, 2.45) is 5.16 Å². The quantitative estimate of drug-likeness (QED) is 0.384. The zero-order valence-electron chi connectivity index (χ0n) is 5.26. The Bertz CT molecular complexity index is 280. The predicted octanol–water partition coefficient (Wildman–Crippen LogP) is 0.406. The topological polar surface area (TPSA) is 82.8 Å². The fourth-order valence-electron chi connectivity index (χ4n) is 0.517. The Labute approximate surface area is 65.6 Å². The molecule has 1 heterocycles. The molecule has 0 bridgehead atoms. The number of nitrogens with zero attached hydrogens (tertiary/aromatic N) is 2. The van der Waals surface area contributed by atoms with E-state index < -0.39 is 11.7 Å². The van der Waals surface area contributed by atoms with Crippen LogP contribution < -0.4 is 0 Å². The normalized spacial score (nSPS) is 11.5. The van der Waals surface area contributed by atoms with Gasteiger partial charge < -0.3 is 10.3 Å². The number of carbonyl (C=O) groups is 1. The minimum Gasteiger partial charge on any atom is -0.476 e. The minimum atomic E-state index is -1.29. The van der Waals surface area contributed by atoms with E-state index in [0.29, 0.717) is 0 Å². The minimum absolute atomic E-state index is 0.194. The summed E-state index contributed by atoms with van der Waals surface area (Å²) in [6.45, 7) is 0. The lowest BCUT2D eigenvalue weighted by atomic mass is 10.4. The van der Waals surface area contributed by atoms with Gasteiger partial charge in [0, 0.05) is 11.6 Å². The highest BCUT2D eigenvalue weighted by Crippen LogP contribution is 2.05. The molecular formula is C5H4N2O3S. The number of aromatic nitrogens is 1. The van der Waals surface area contributed by atoms with Gasteiger partial charge in [0.05, 0.1) is 0 Å². The molecule has 1 rings (SSSR count). The molecule has 58 valence electrons. The van der Waals surface area contributed by atoms with Gasteiger partial charge in [-0.05, 0) is 0 Å². The monoisotopic (exact) mass is 172 g/mol. The summed E-state index contributed by atoms with van der Waals surface area (Å²) >= 11 is 1.10. The molecule has 0 aliphatic rings. The highest BCUT2D eigenvalue weighted by molar-refractivity contribution is 7.12. The number of carboxylic acid groups (broad SMARTS) is 1. The lowest BCUT2D eigenvalue weighted by Gasteiger charge is -1.89. The van der Waals surface area contributed by atoms with Crippen molar-refractivity contribution in [1.82, 2.24) is 4.98 Å². The fraction of sp³-hybridized carbons (Fsp3) is 0. The molecule has 0 spiro atoms. The number of hydrogen-bond acceptors (Lipinski definition) is 5. The van der Waals surface area contributed by atoms with Crippen molar-refractivity contribution >= 4 is 23.0 Å². The SMILES string of the molecule is O=C(O)C(=NO)c1nccs1. The summed E-state index contributed by atoms with van der Waals surface area (Å²) in [4.78, 5) is 14.0. The van der Waals surface area contributed by atoms with Crippen LogP contribution in [0.25, 0.3) is 0 Å². The van der Waals surface area contributed by atoms with Crippen LogP contribution in [0.15, 0.2) is 16.7 Å². The summed E-state index contributed by atoms with van der Waals surface area (Å²) in [5, 5.41) is 21.1. The third-order valence-corrected chi connectivity index (χ3v) is 1.72. The molecule has 0 radical (unpaired) electrons. The average molecular weight is 172 g/mol. The first-order valence-corrected chi connectivity index (χ1v) is 3.49. The van der Waals surface area contributed by atoms with Crippen LogP contribution in [0.5, 0.6) is 0 Å². The van der Waals surface area contributed by atoms with Gasteiger partial charge in [0.1, 0.15) is 0 Å². The van der Waals surface area contributed by atoms with Gasteiger partial charge in [0.15, 0.2) is 5.01 Å². The summed E-state index contributed by atoms with van der Waals surface area (Å²) in [5.41, 5.74) is -0.431. The molecule has 0 saturated carbocycles. The number of oxime groups is 1. The number of rotatable bonds is 2. The molecule has 0 aromatic carbocycles. The highest BCUT2D eigenvalue weighted by Gasteiger charge is 2.14. The molecule has 11 heavy (non-hydrogen) atoms. The van der Waals surface area contributed by atoms with Crippen molar-refractivity contribution in [3.05, 3.63) is 16.6 Å². The predicted molar refractivity (Wildman–Crippen MR) is 38.1 cm³/mol. The average Bonchev–Trinajstić information content (AvgIpc) is 2.40. The van der Waals surface area contributed by atoms with Crippen molar-refractivity contribution in [2.75, 3.05) is 0 Å². The maximum absolute atomic E-state index is 10.3. The Kier molecular flexibility index (Phi) is 2.17. The Balaban J connectivity index is 2.99. The van der Waals surface area contributed by atoms with Gasteiger partial charge in [-0.25, -0.2) is 9.78 Å². The van der Waals surface area contributed by atoms with Gasteiger partial charge >= 0.3 is 5.97 Å². The summed E-state index contributed by atoms with van der Waals surface area (Å²) in [7, 11) is 0. The molecular weight excluding hydrogens is 168 g/mol. The molecule has 1 aromatic heterocycles. The zero-order valence-corrected chi connectivity index (χ0v) is 6.08. The molecule has 2 N–H and O–H groups in total. The molecule has 6 heteroatoms. The van der Waals surface area contributed by atoms with E-state index in [9.17, 15) is 4.79 Å². The highest BCUT2D eigenvalue weighted by atomic mass is 32.1. The van der Waals surface area contributed by atoms with Crippen LogP contribution in [0.2, 0.25) is 0 Å². The summed E-state index contributed by atoms with van der Waals surface area (Å²) < 4.78 is 0.